The lowest BCUT2D eigenvalue weighted by atomic mass is 10.1. The van der Waals surface area contributed by atoms with Crippen LogP contribution in [0.15, 0.2) is 54.7 Å². The first-order chi connectivity index (χ1) is 13.2. The normalized spacial score (nSPS) is 11.0. The minimum atomic E-state index is -0.390. The van der Waals surface area contributed by atoms with Crippen LogP contribution in [0.3, 0.4) is 0 Å². The molecule has 0 bridgehead atoms. The molecular weight excluding hydrogens is 344 g/mol. The van der Waals surface area contributed by atoms with Crippen LogP contribution in [0.4, 0.5) is 0 Å². The Kier molecular flexibility index (Phi) is 4.38. The van der Waals surface area contributed by atoms with Crippen LogP contribution in [0, 0.1) is 0 Å². The molecule has 6 nitrogen and oxygen atoms in total. The summed E-state index contributed by atoms with van der Waals surface area (Å²) in [6.45, 7) is 0.240. The van der Waals surface area contributed by atoms with Crippen molar-refractivity contribution in [3.63, 3.8) is 0 Å². The Morgan fingerprint density at radius 1 is 1.04 bits per heavy atom. The van der Waals surface area contributed by atoms with Gasteiger partial charge in [0.25, 0.3) is 0 Å². The van der Waals surface area contributed by atoms with Gasteiger partial charge in [-0.15, -0.1) is 0 Å². The number of para-hydroxylation sites is 2. The Labute approximate surface area is 155 Å². The van der Waals surface area contributed by atoms with Gasteiger partial charge in [0.2, 0.25) is 0 Å². The van der Waals surface area contributed by atoms with Crippen molar-refractivity contribution in [2.75, 3.05) is 13.7 Å². The number of hydrogen-bond donors (Lipinski definition) is 2. The molecule has 4 aromatic rings. The van der Waals surface area contributed by atoms with Gasteiger partial charge in [0.05, 0.1) is 24.8 Å². The van der Waals surface area contributed by atoms with Crippen LogP contribution in [-0.2, 0) is 15.9 Å². The number of methoxy groups -OCH3 is 1. The standard InChI is InChI=1S/C21H18N2O4/c1-26-20(24)16-7-4-6-15-14(12-22-19(15)16)9-10-27-21(25)18-11-13-5-2-3-8-17(13)23-18/h2-8,11-12,22-23H,9-10H2,1H3. The third kappa shape index (κ3) is 3.17. The molecule has 0 spiro atoms. The van der Waals surface area contributed by atoms with Gasteiger partial charge in [-0.2, -0.15) is 0 Å². The molecule has 0 saturated carbocycles. The highest BCUT2D eigenvalue weighted by Crippen LogP contribution is 2.23. The first-order valence-corrected chi connectivity index (χ1v) is 8.59. The number of carbonyl (C=O) groups is 2. The second-order valence-corrected chi connectivity index (χ2v) is 6.19. The van der Waals surface area contributed by atoms with E-state index in [-0.39, 0.29) is 18.5 Å². The Balaban J connectivity index is 1.46. The van der Waals surface area contributed by atoms with Gasteiger partial charge < -0.3 is 19.4 Å². The summed E-state index contributed by atoms with van der Waals surface area (Å²) >= 11 is 0. The lowest BCUT2D eigenvalue weighted by Crippen LogP contribution is -2.08. The molecular formula is C21H18N2O4. The van der Waals surface area contributed by atoms with E-state index in [1.165, 1.54) is 7.11 Å². The summed E-state index contributed by atoms with van der Waals surface area (Å²) in [5.41, 5.74) is 3.51. The average Bonchev–Trinajstić information content (AvgIpc) is 3.31. The van der Waals surface area contributed by atoms with Gasteiger partial charge in [-0.25, -0.2) is 9.59 Å². The van der Waals surface area contributed by atoms with E-state index in [1.807, 2.05) is 42.6 Å². The molecule has 2 heterocycles. The fourth-order valence-corrected chi connectivity index (χ4v) is 3.21. The van der Waals surface area contributed by atoms with E-state index in [4.69, 9.17) is 9.47 Å². The highest BCUT2D eigenvalue weighted by Gasteiger charge is 2.15. The van der Waals surface area contributed by atoms with Crippen molar-refractivity contribution < 1.29 is 19.1 Å². The zero-order valence-corrected chi connectivity index (χ0v) is 14.7. The molecule has 0 saturated heterocycles. The van der Waals surface area contributed by atoms with Crippen LogP contribution >= 0.6 is 0 Å². The summed E-state index contributed by atoms with van der Waals surface area (Å²) in [5.74, 6) is -0.777. The Morgan fingerprint density at radius 2 is 1.89 bits per heavy atom. The summed E-state index contributed by atoms with van der Waals surface area (Å²) in [6.07, 6.45) is 2.37. The summed E-state index contributed by atoms with van der Waals surface area (Å²) in [4.78, 5) is 30.3. The molecule has 0 unspecified atom stereocenters. The molecule has 2 aromatic carbocycles. The highest BCUT2D eigenvalue weighted by atomic mass is 16.5. The number of fused-ring (bicyclic) bond motifs is 2. The van der Waals surface area contributed by atoms with E-state index in [2.05, 4.69) is 9.97 Å². The van der Waals surface area contributed by atoms with Gasteiger partial charge in [-0.05, 0) is 23.8 Å². The molecule has 27 heavy (non-hydrogen) atoms. The third-order valence-corrected chi connectivity index (χ3v) is 4.56. The Hall–Kier alpha value is -3.54. The monoisotopic (exact) mass is 362 g/mol. The number of aromatic nitrogens is 2. The molecule has 0 amide bonds. The number of hydrogen-bond acceptors (Lipinski definition) is 4. The van der Waals surface area contributed by atoms with E-state index in [9.17, 15) is 9.59 Å². The molecule has 0 radical (unpaired) electrons. The fraction of sp³-hybridized carbons (Fsp3) is 0.143. The number of ether oxygens (including phenoxy) is 2. The molecule has 0 aliphatic heterocycles. The quantitative estimate of drug-likeness (QED) is 0.529. The van der Waals surface area contributed by atoms with E-state index in [1.54, 1.807) is 12.1 Å². The molecule has 136 valence electrons. The fourth-order valence-electron chi connectivity index (χ4n) is 3.21. The van der Waals surface area contributed by atoms with Crippen molar-refractivity contribution in [2.24, 2.45) is 0 Å². The topological polar surface area (TPSA) is 84.2 Å². The van der Waals surface area contributed by atoms with Crippen molar-refractivity contribution in [3.05, 3.63) is 71.5 Å². The molecule has 2 aromatic heterocycles. The summed E-state index contributed by atoms with van der Waals surface area (Å²) in [6, 6.07) is 14.9. The molecule has 6 heteroatoms. The summed E-state index contributed by atoms with van der Waals surface area (Å²) in [5, 5.41) is 1.89. The van der Waals surface area contributed by atoms with E-state index in [0.717, 1.165) is 27.4 Å². The molecule has 0 aliphatic carbocycles. The number of aromatic amines is 2. The van der Waals surface area contributed by atoms with Crippen LogP contribution < -0.4 is 0 Å². The number of H-pyrrole nitrogens is 2. The minimum Gasteiger partial charge on any atom is -0.465 e. The predicted molar refractivity (Wildman–Crippen MR) is 102 cm³/mol. The first-order valence-electron chi connectivity index (χ1n) is 8.59. The number of esters is 2. The number of rotatable bonds is 5. The maximum absolute atomic E-state index is 12.3. The second-order valence-electron chi connectivity index (χ2n) is 6.19. The highest BCUT2D eigenvalue weighted by molar-refractivity contribution is 6.03. The minimum absolute atomic E-state index is 0.240. The van der Waals surface area contributed by atoms with Crippen LogP contribution in [0.5, 0.6) is 0 Å². The smallest absolute Gasteiger partial charge is 0.354 e. The zero-order valence-electron chi connectivity index (χ0n) is 14.7. The van der Waals surface area contributed by atoms with E-state index < -0.39 is 0 Å². The zero-order chi connectivity index (χ0) is 18.8. The first kappa shape index (κ1) is 16.9. The Morgan fingerprint density at radius 3 is 2.70 bits per heavy atom. The van der Waals surface area contributed by atoms with Crippen molar-refractivity contribution in [2.45, 2.75) is 6.42 Å². The van der Waals surface area contributed by atoms with Gasteiger partial charge in [0.1, 0.15) is 5.69 Å². The van der Waals surface area contributed by atoms with Gasteiger partial charge in [0.15, 0.2) is 0 Å². The average molecular weight is 362 g/mol. The van der Waals surface area contributed by atoms with Crippen LogP contribution in [0.25, 0.3) is 21.8 Å². The van der Waals surface area contributed by atoms with Crippen LogP contribution in [-0.4, -0.2) is 35.6 Å². The second kappa shape index (κ2) is 6.99. The van der Waals surface area contributed by atoms with Crippen molar-refractivity contribution >= 4 is 33.7 Å². The number of nitrogens with one attached hydrogen (secondary N) is 2. The molecule has 0 atom stereocenters. The van der Waals surface area contributed by atoms with Gasteiger partial charge in [0, 0.05) is 28.9 Å². The van der Waals surface area contributed by atoms with Crippen LogP contribution in [0.1, 0.15) is 26.4 Å². The van der Waals surface area contributed by atoms with Gasteiger partial charge in [-0.1, -0.05) is 30.3 Å². The van der Waals surface area contributed by atoms with E-state index >= 15 is 0 Å². The SMILES string of the molecule is COC(=O)c1cccc2c(CCOC(=O)c3cc4ccccc4[nH]3)c[nH]c12. The summed E-state index contributed by atoms with van der Waals surface area (Å²) in [7, 11) is 1.36. The van der Waals surface area contributed by atoms with Crippen LogP contribution in [0.2, 0.25) is 0 Å². The maximum Gasteiger partial charge on any atom is 0.354 e. The number of carbonyl (C=O) groups excluding carboxylic acids is 2. The molecule has 0 fully saturated rings. The lowest BCUT2D eigenvalue weighted by molar-refractivity contribution is 0.0503. The van der Waals surface area contributed by atoms with Crippen molar-refractivity contribution in [1.29, 1.82) is 0 Å². The predicted octanol–water partition coefficient (Wildman–Crippen LogP) is 3.84. The molecule has 2 N–H and O–H groups in total. The third-order valence-electron chi connectivity index (χ3n) is 4.56. The number of benzene rings is 2. The van der Waals surface area contributed by atoms with Crippen molar-refractivity contribution in [1.82, 2.24) is 9.97 Å². The largest absolute Gasteiger partial charge is 0.465 e. The van der Waals surface area contributed by atoms with E-state index in [0.29, 0.717) is 17.7 Å². The summed E-state index contributed by atoms with van der Waals surface area (Å²) < 4.78 is 10.2. The maximum atomic E-state index is 12.3. The van der Waals surface area contributed by atoms with Gasteiger partial charge in [-0.3, -0.25) is 0 Å². The lowest BCUT2D eigenvalue weighted by Gasteiger charge is -2.04. The molecule has 0 aliphatic rings. The molecule has 4 rings (SSSR count). The van der Waals surface area contributed by atoms with Crippen molar-refractivity contribution in [3.8, 4) is 0 Å². The Bertz CT molecular complexity index is 1110. The van der Waals surface area contributed by atoms with Gasteiger partial charge >= 0.3 is 11.9 Å².